The van der Waals surface area contributed by atoms with E-state index in [2.05, 4.69) is 0 Å². The second-order valence-electron chi connectivity index (χ2n) is 1.50. The predicted molar refractivity (Wildman–Crippen MR) is 34.2 cm³/mol. The number of rotatable bonds is 3. The van der Waals surface area contributed by atoms with Gasteiger partial charge >= 0.3 is 0 Å². The largest absolute Gasteiger partial charge is 0.496 e. The first kappa shape index (κ1) is 8.01. The van der Waals surface area contributed by atoms with Gasteiger partial charge in [0.05, 0.1) is 6.61 Å². The standard InChI is InChI=1S/C6H10NO2/c1-3-9-5(2)6(7)4-8/h3,7H2,1-2H3. The van der Waals surface area contributed by atoms with E-state index in [0.29, 0.717) is 12.4 Å². The van der Waals surface area contributed by atoms with Crippen LogP contribution in [0.1, 0.15) is 13.8 Å². The fourth-order valence-electron chi connectivity index (χ4n) is 0.366. The molecule has 0 rings (SSSR count). The van der Waals surface area contributed by atoms with E-state index in [9.17, 15) is 4.79 Å². The average molecular weight is 128 g/mol. The Hall–Kier alpha value is -0.990. The molecule has 0 aliphatic rings. The molecule has 0 saturated heterocycles. The van der Waals surface area contributed by atoms with Crippen LogP contribution in [-0.4, -0.2) is 12.9 Å². The summed E-state index contributed by atoms with van der Waals surface area (Å²) in [6.45, 7) is 3.97. The molecule has 3 nitrogen and oxygen atoms in total. The van der Waals surface area contributed by atoms with Crippen molar-refractivity contribution in [1.82, 2.24) is 0 Å². The van der Waals surface area contributed by atoms with E-state index in [4.69, 9.17) is 10.5 Å². The third kappa shape index (κ3) is 2.74. The van der Waals surface area contributed by atoms with Crippen LogP contribution in [0.3, 0.4) is 0 Å². The van der Waals surface area contributed by atoms with Crippen molar-refractivity contribution >= 4 is 6.29 Å². The zero-order chi connectivity index (χ0) is 7.28. The normalized spacial score (nSPS) is 12.2. The Morgan fingerprint density at radius 2 is 2.33 bits per heavy atom. The highest BCUT2D eigenvalue weighted by Crippen LogP contribution is 1.95. The van der Waals surface area contributed by atoms with Crippen molar-refractivity contribution in [2.24, 2.45) is 5.73 Å². The van der Waals surface area contributed by atoms with E-state index in [1.165, 1.54) is 6.29 Å². The average Bonchev–Trinajstić information content (AvgIpc) is 1.87. The van der Waals surface area contributed by atoms with E-state index in [-0.39, 0.29) is 5.70 Å². The first-order chi connectivity index (χ1) is 4.22. The summed E-state index contributed by atoms with van der Waals surface area (Å²) in [6.07, 6.45) is 1.53. The Kier molecular flexibility index (Phi) is 3.51. The minimum Gasteiger partial charge on any atom is -0.496 e. The molecule has 9 heavy (non-hydrogen) atoms. The molecule has 0 aromatic carbocycles. The van der Waals surface area contributed by atoms with Crippen LogP contribution in [0.4, 0.5) is 0 Å². The first-order valence-electron chi connectivity index (χ1n) is 2.69. The third-order valence-corrected chi connectivity index (χ3v) is 0.850. The molecule has 0 spiro atoms. The molecule has 0 unspecified atom stereocenters. The molecule has 0 bridgehead atoms. The maximum Gasteiger partial charge on any atom is 0.254 e. The Morgan fingerprint density at radius 1 is 1.78 bits per heavy atom. The van der Waals surface area contributed by atoms with Gasteiger partial charge < -0.3 is 10.5 Å². The zero-order valence-electron chi connectivity index (χ0n) is 5.60. The molecular formula is C6H10NO2. The Morgan fingerprint density at radius 3 is 2.67 bits per heavy atom. The van der Waals surface area contributed by atoms with Crippen LogP contribution < -0.4 is 5.73 Å². The summed E-state index contributed by atoms with van der Waals surface area (Å²) in [6, 6.07) is 0. The highest BCUT2D eigenvalue weighted by molar-refractivity contribution is 5.72. The molecule has 0 amide bonds. The number of hydrogen-bond acceptors (Lipinski definition) is 3. The SMILES string of the molecule is CCOC(C)=C(N)[C]=O. The summed E-state index contributed by atoms with van der Waals surface area (Å²) in [7, 11) is 0. The summed E-state index contributed by atoms with van der Waals surface area (Å²) in [5.41, 5.74) is 5.17. The van der Waals surface area contributed by atoms with Crippen LogP contribution in [0.15, 0.2) is 11.5 Å². The summed E-state index contributed by atoms with van der Waals surface area (Å²) >= 11 is 0. The van der Waals surface area contributed by atoms with Crippen LogP contribution in [0.5, 0.6) is 0 Å². The molecule has 2 N–H and O–H groups in total. The molecule has 51 valence electrons. The number of ether oxygens (including phenoxy) is 1. The molecule has 0 heterocycles. The van der Waals surface area contributed by atoms with Crippen LogP contribution in [0.2, 0.25) is 0 Å². The van der Waals surface area contributed by atoms with Gasteiger partial charge in [0.25, 0.3) is 6.29 Å². The molecule has 0 fully saturated rings. The third-order valence-electron chi connectivity index (χ3n) is 0.850. The maximum atomic E-state index is 9.83. The summed E-state index contributed by atoms with van der Waals surface area (Å²) in [5, 5.41) is 0. The molecule has 0 atom stereocenters. The smallest absolute Gasteiger partial charge is 0.254 e. The van der Waals surface area contributed by atoms with Gasteiger partial charge in [-0.25, -0.2) is 0 Å². The number of allylic oxidation sites excluding steroid dienone is 2. The minimum absolute atomic E-state index is 0.0388. The fourth-order valence-corrected chi connectivity index (χ4v) is 0.366. The van der Waals surface area contributed by atoms with Crippen molar-refractivity contribution in [3.05, 3.63) is 11.5 Å². The van der Waals surface area contributed by atoms with Gasteiger partial charge in [0, 0.05) is 0 Å². The van der Waals surface area contributed by atoms with Crippen molar-refractivity contribution in [2.75, 3.05) is 6.61 Å². The van der Waals surface area contributed by atoms with Crippen molar-refractivity contribution in [3.8, 4) is 0 Å². The molecular weight excluding hydrogens is 118 g/mol. The van der Waals surface area contributed by atoms with Gasteiger partial charge in [-0.05, 0) is 13.8 Å². The predicted octanol–water partition coefficient (Wildman–Crippen LogP) is 0.323. The highest BCUT2D eigenvalue weighted by Gasteiger charge is 1.94. The van der Waals surface area contributed by atoms with E-state index in [1.54, 1.807) is 6.92 Å². The molecule has 3 heteroatoms. The van der Waals surface area contributed by atoms with Crippen LogP contribution in [-0.2, 0) is 9.53 Å². The molecule has 0 aromatic rings. The van der Waals surface area contributed by atoms with Crippen molar-refractivity contribution in [2.45, 2.75) is 13.8 Å². The summed E-state index contributed by atoms with van der Waals surface area (Å²) in [4.78, 5) is 9.83. The lowest BCUT2D eigenvalue weighted by molar-refractivity contribution is 0.229. The van der Waals surface area contributed by atoms with E-state index in [1.807, 2.05) is 6.92 Å². The van der Waals surface area contributed by atoms with Gasteiger partial charge in [-0.2, -0.15) is 0 Å². The number of nitrogens with two attached hydrogens (primary N) is 1. The monoisotopic (exact) mass is 128 g/mol. The van der Waals surface area contributed by atoms with E-state index >= 15 is 0 Å². The van der Waals surface area contributed by atoms with Gasteiger partial charge in [-0.1, -0.05) is 0 Å². The van der Waals surface area contributed by atoms with Gasteiger partial charge in [-0.15, -0.1) is 0 Å². The highest BCUT2D eigenvalue weighted by atomic mass is 16.5. The van der Waals surface area contributed by atoms with Crippen LogP contribution >= 0.6 is 0 Å². The second kappa shape index (κ2) is 3.95. The van der Waals surface area contributed by atoms with Gasteiger partial charge in [0.1, 0.15) is 11.5 Å². The molecule has 0 aliphatic carbocycles. The summed E-state index contributed by atoms with van der Waals surface area (Å²) < 4.78 is 4.89. The van der Waals surface area contributed by atoms with Crippen molar-refractivity contribution in [3.63, 3.8) is 0 Å². The van der Waals surface area contributed by atoms with Gasteiger partial charge in [0.15, 0.2) is 0 Å². The van der Waals surface area contributed by atoms with Crippen LogP contribution in [0, 0.1) is 0 Å². The fraction of sp³-hybridized carbons (Fsp3) is 0.500. The topological polar surface area (TPSA) is 52.3 Å². The molecule has 0 saturated carbocycles. The van der Waals surface area contributed by atoms with Crippen LogP contribution in [0.25, 0.3) is 0 Å². The number of hydrogen-bond donors (Lipinski definition) is 1. The number of carbonyl (C=O) groups excluding carboxylic acids is 1. The quantitative estimate of drug-likeness (QED) is 0.440. The Labute approximate surface area is 54.5 Å². The maximum absolute atomic E-state index is 9.83. The lowest BCUT2D eigenvalue weighted by Gasteiger charge is -2.01. The molecule has 0 aromatic heterocycles. The van der Waals surface area contributed by atoms with Gasteiger partial charge in [0.2, 0.25) is 0 Å². The first-order valence-corrected chi connectivity index (χ1v) is 2.69. The second-order valence-corrected chi connectivity index (χ2v) is 1.50. The lowest BCUT2D eigenvalue weighted by atomic mass is 10.4. The molecule has 0 aliphatic heterocycles. The Bertz CT molecular complexity index is 129. The summed E-state index contributed by atoms with van der Waals surface area (Å²) in [5.74, 6) is 0.438. The van der Waals surface area contributed by atoms with Crippen molar-refractivity contribution < 1.29 is 9.53 Å². The minimum atomic E-state index is 0.0388. The zero-order valence-corrected chi connectivity index (χ0v) is 5.60. The van der Waals surface area contributed by atoms with E-state index in [0.717, 1.165) is 0 Å². The van der Waals surface area contributed by atoms with Crippen molar-refractivity contribution in [1.29, 1.82) is 0 Å². The van der Waals surface area contributed by atoms with E-state index < -0.39 is 0 Å². The van der Waals surface area contributed by atoms with Gasteiger partial charge in [-0.3, -0.25) is 4.79 Å². The lowest BCUT2D eigenvalue weighted by Crippen LogP contribution is -2.04. The Balaban J connectivity index is 3.93. The molecule has 1 radical (unpaired) electrons.